The van der Waals surface area contributed by atoms with Crippen molar-refractivity contribution in [2.45, 2.75) is 144 Å². The van der Waals surface area contributed by atoms with Gasteiger partial charge in [-0.15, -0.1) is 0 Å². The Bertz CT molecular complexity index is 1390. The van der Waals surface area contributed by atoms with Gasteiger partial charge in [-0.2, -0.15) is 21.6 Å². The number of benzene rings is 2. The van der Waals surface area contributed by atoms with E-state index in [1.807, 2.05) is 0 Å². The molecule has 1 N–H and O–H groups in total. The summed E-state index contributed by atoms with van der Waals surface area (Å²) in [7, 11) is -6.27. The Balaban J connectivity index is 0. The van der Waals surface area contributed by atoms with E-state index in [9.17, 15) is 13.2 Å². The zero-order valence-electron chi connectivity index (χ0n) is 30.9. The summed E-state index contributed by atoms with van der Waals surface area (Å²) in [5.74, 6) is 1.50. The molecule has 0 aliphatic heterocycles. The molecule has 0 saturated heterocycles. The molecule has 0 unspecified atom stereocenters. The Kier molecular flexibility index (Phi) is 17.8. The van der Waals surface area contributed by atoms with Crippen LogP contribution in [0.2, 0.25) is 0 Å². The molecule has 0 aromatic heterocycles. The molecule has 2 aromatic rings. The third-order valence-corrected chi connectivity index (χ3v) is 12.2. The van der Waals surface area contributed by atoms with Crippen molar-refractivity contribution in [1.82, 2.24) is 0 Å². The van der Waals surface area contributed by atoms with Crippen molar-refractivity contribution < 1.29 is 46.6 Å². The van der Waals surface area contributed by atoms with Crippen LogP contribution < -0.4 is 5.30 Å². The summed E-state index contributed by atoms with van der Waals surface area (Å²) in [4.78, 5) is 0. The molecule has 268 valence electrons. The smallest absolute Gasteiger partial charge is 0.279 e. The van der Waals surface area contributed by atoms with Crippen LogP contribution in [0.4, 0.5) is 13.2 Å². The average molecular weight is 778 g/mol. The summed E-state index contributed by atoms with van der Waals surface area (Å²) in [5, 5.41) is 2.08. The fraction of sp³-hybridized carbons (Fsp3) is 0.595. The van der Waals surface area contributed by atoms with Crippen molar-refractivity contribution in [1.29, 1.82) is 0 Å². The van der Waals surface area contributed by atoms with E-state index in [4.69, 9.17) is 13.0 Å². The number of hydrogen-bond acceptors (Lipinski definition) is 2. The van der Waals surface area contributed by atoms with Crippen LogP contribution in [-0.2, 0) is 30.5 Å². The van der Waals surface area contributed by atoms with Gasteiger partial charge in [-0.25, -0.2) is 19.6 Å². The van der Waals surface area contributed by atoms with Crippen LogP contribution in [0.15, 0.2) is 24.8 Å². The van der Waals surface area contributed by atoms with Crippen LogP contribution in [0.3, 0.4) is 0 Å². The van der Waals surface area contributed by atoms with Crippen LogP contribution in [0.25, 0.3) is 11.1 Å². The average Bonchev–Trinajstić information content (AvgIpc) is 2.83. The molecule has 0 atom stereocenters. The maximum Gasteiger partial charge on any atom is 0.522 e. The molecule has 0 spiro atoms. The van der Waals surface area contributed by atoms with E-state index in [-0.39, 0.29) is 30.7 Å². The Labute approximate surface area is 294 Å². The van der Waals surface area contributed by atoms with Gasteiger partial charge in [0.05, 0.1) is 0 Å². The molecule has 0 bridgehead atoms. The second kappa shape index (κ2) is 17.5. The Morgan fingerprint density at radius 3 is 1.28 bits per heavy atom. The molecule has 0 aliphatic carbocycles. The third kappa shape index (κ3) is 11.8. The summed E-state index contributed by atoms with van der Waals surface area (Å²) < 4.78 is 57.5. The SMILES string of the molecule is C=C[CH2-].Cc1c(C)c(C)c(P(C(C)(C)C)C(C)(C)C)c(-c2c(C(C)C)cc(C(C)C)cc2C(C)C)c1C.O=S(=O)(O)C(F)(F)F.[Pd]. The monoisotopic (exact) mass is 777 g/mol. The number of hydrogen-bond donors (Lipinski definition) is 1. The minimum atomic E-state index is -5.84. The first kappa shape index (κ1) is 47.0. The maximum atomic E-state index is 10.7. The van der Waals surface area contributed by atoms with Gasteiger partial charge >= 0.3 is 15.6 Å². The zero-order valence-corrected chi connectivity index (χ0v) is 34.2. The third-order valence-electron chi connectivity index (χ3n) is 7.89. The quantitative estimate of drug-likeness (QED) is 0.108. The second-order valence-corrected chi connectivity index (χ2v) is 19.9. The van der Waals surface area contributed by atoms with Gasteiger partial charge in [0, 0.05) is 20.4 Å². The molecule has 0 aliphatic rings. The molecule has 2 aromatic carbocycles. The van der Waals surface area contributed by atoms with E-state index >= 15 is 0 Å². The zero-order chi connectivity index (χ0) is 36.2. The molecular formula is C37H59F3O3PPdS-. The Hall–Kier alpha value is -1.16. The minimum Gasteiger partial charge on any atom is -0.279 e. The van der Waals surface area contributed by atoms with Crippen LogP contribution in [0.1, 0.15) is 140 Å². The first-order valence-corrected chi connectivity index (χ1v) is 18.3. The van der Waals surface area contributed by atoms with Gasteiger partial charge in [0.15, 0.2) is 0 Å². The van der Waals surface area contributed by atoms with Gasteiger partial charge in [0.1, 0.15) is 0 Å². The molecule has 0 fully saturated rings. The fourth-order valence-electron chi connectivity index (χ4n) is 5.80. The summed E-state index contributed by atoms with van der Waals surface area (Å²) in [6.45, 7) is 45.0. The number of halogens is 3. The van der Waals surface area contributed by atoms with Crippen LogP contribution >= 0.6 is 7.92 Å². The standard InChI is InChI=1S/C33H53P.C3H5.CHF3O3S.Pd/c1-19(2)26-17-27(20(3)4)30(28(18-26)21(5)6)29-24(9)22(7)23(8)25(10)31(29)34(32(11,12)13)33(14,15)16;1-3-2;2-1(3,4)8(5,6)7;/h17-21H,1-16H3;3H,1-2H2;(H,5,6,7);/q;-1;;. The Morgan fingerprint density at radius 2 is 1.04 bits per heavy atom. The largest absolute Gasteiger partial charge is 0.522 e. The molecule has 0 radical (unpaired) electrons. The van der Waals surface area contributed by atoms with Gasteiger partial charge in [-0.1, -0.05) is 103 Å². The van der Waals surface area contributed by atoms with Gasteiger partial charge in [-0.05, 0) is 111 Å². The predicted molar refractivity (Wildman–Crippen MR) is 192 cm³/mol. The van der Waals surface area contributed by atoms with Gasteiger partial charge in [0.2, 0.25) is 0 Å². The summed E-state index contributed by atoms with van der Waals surface area (Å²) in [5.41, 5.74) is 8.04. The van der Waals surface area contributed by atoms with E-state index in [1.165, 1.54) is 50.6 Å². The molecule has 46 heavy (non-hydrogen) atoms. The van der Waals surface area contributed by atoms with Crippen molar-refractivity contribution in [3.05, 3.63) is 70.7 Å². The van der Waals surface area contributed by atoms with Crippen LogP contribution in [-0.4, -0.2) is 28.8 Å². The summed E-state index contributed by atoms with van der Waals surface area (Å²) in [6.07, 6.45) is 1.50. The number of rotatable bonds is 5. The molecule has 2 rings (SSSR count). The van der Waals surface area contributed by atoms with Crippen molar-refractivity contribution in [2.75, 3.05) is 0 Å². The van der Waals surface area contributed by atoms with Gasteiger partial charge in [-0.3, -0.25) is 4.55 Å². The molecule has 0 amide bonds. The first-order valence-electron chi connectivity index (χ1n) is 15.5. The molecule has 9 heteroatoms. The topological polar surface area (TPSA) is 54.4 Å². The van der Waals surface area contributed by atoms with Crippen LogP contribution in [0, 0.1) is 34.6 Å². The predicted octanol–water partition coefficient (Wildman–Crippen LogP) is 12.1. The van der Waals surface area contributed by atoms with Crippen LogP contribution in [0.5, 0.6) is 0 Å². The Morgan fingerprint density at radius 1 is 0.739 bits per heavy atom. The number of allylic oxidation sites excluding steroid dienone is 1. The van der Waals surface area contributed by atoms with Crippen molar-refractivity contribution in [3.8, 4) is 11.1 Å². The summed E-state index contributed by atoms with van der Waals surface area (Å²) in [6, 6.07) is 5.06. The van der Waals surface area contributed by atoms with E-state index in [2.05, 4.69) is 136 Å². The fourth-order valence-corrected chi connectivity index (χ4v) is 10.2. The van der Waals surface area contributed by atoms with Crippen molar-refractivity contribution in [3.63, 3.8) is 0 Å². The second-order valence-electron chi connectivity index (χ2n) is 14.6. The first-order chi connectivity index (χ1) is 20.0. The normalized spacial score (nSPS) is 12.4. The van der Waals surface area contributed by atoms with E-state index in [1.54, 1.807) is 10.9 Å². The van der Waals surface area contributed by atoms with Crippen molar-refractivity contribution in [2.24, 2.45) is 0 Å². The molecule has 0 heterocycles. The number of alkyl halides is 3. The minimum absolute atomic E-state index is 0. The van der Waals surface area contributed by atoms with Gasteiger partial charge < -0.3 is 0 Å². The summed E-state index contributed by atoms with van der Waals surface area (Å²) >= 11 is 0. The molecule has 0 saturated carbocycles. The molecular weight excluding hydrogens is 719 g/mol. The van der Waals surface area contributed by atoms with Crippen molar-refractivity contribution >= 4 is 23.3 Å². The van der Waals surface area contributed by atoms with E-state index in [0.29, 0.717) is 17.8 Å². The van der Waals surface area contributed by atoms with Gasteiger partial charge in [0.25, 0.3) is 0 Å². The molecule has 3 nitrogen and oxygen atoms in total. The van der Waals surface area contributed by atoms with E-state index in [0.717, 1.165) is 0 Å². The maximum absolute atomic E-state index is 10.7. The van der Waals surface area contributed by atoms with E-state index < -0.39 is 23.5 Å².